The molecular weight excluding hydrogens is 290 g/mol. The van der Waals surface area contributed by atoms with Crippen molar-refractivity contribution in [1.29, 1.82) is 0 Å². The number of carbonyl (C=O) groups is 2. The zero-order valence-corrected chi connectivity index (χ0v) is 12.7. The lowest BCUT2D eigenvalue weighted by Crippen LogP contribution is -2.23. The second kappa shape index (κ2) is 14.0. The highest BCUT2D eigenvalue weighted by molar-refractivity contribution is 6.27. The van der Waals surface area contributed by atoms with Crippen LogP contribution in [0.2, 0.25) is 0 Å². The van der Waals surface area contributed by atoms with E-state index < -0.39 is 11.9 Å². The molecule has 0 amide bonds. The van der Waals surface area contributed by atoms with Crippen LogP contribution < -0.4 is 5.32 Å². The molecule has 0 radical (unpaired) electrons. The minimum absolute atomic E-state index is 0.688. The van der Waals surface area contributed by atoms with Gasteiger partial charge in [-0.2, -0.15) is 0 Å². The average Bonchev–Trinajstić information content (AvgIpc) is 2.51. The molecule has 124 valence electrons. The Hall–Kier alpha value is -1.96. The third-order valence-corrected chi connectivity index (χ3v) is 2.34. The summed E-state index contributed by atoms with van der Waals surface area (Å²) in [6.45, 7) is 6.75. The molecule has 0 unspecified atom stereocenters. The van der Waals surface area contributed by atoms with Gasteiger partial charge in [-0.15, -0.1) is 0 Å². The van der Waals surface area contributed by atoms with Crippen LogP contribution in [0.3, 0.4) is 0 Å². The summed E-state index contributed by atoms with van der Waals surface area (Å²) in [5, 5.41) is 18.0. The number of aliphatic carboxylic acids is 2. The Morgan fingerprint density at radius 3 is 2.05 bits per heavy atom. The molecule has 0 aliphatic carbocycles. The van der Waals surface area contributed by atoms with Crippen LogP contribution in [0, 0.1) is 0 Å². The fourth-order valence-electron chi connectivity index (χ4n) is 1.32. The van der Waals surface area contributed by atoms with Gasteiger partial charge in [-0.1, -0.05) is 30.3 Å². The van der Waals surface area contributed by atoms with Crippen LogP contribution in [0.15, 0.2) is 30.3 Å². The second-order valence-corrected chi connectivity index (χ2v) is 4.10. The highest BCUT2D eigenvalue weighted by atomic mass is 16.5. The number of benzene rings is 1. The van der Waals surface area contributed by atoms with E-state index in [-0.39, 0.29) is 0 Å². The first-order valence-electron chi connectivity index (χ1n) is 6.94. The topological polar surface area (TPSA) is 105 Å². The zero-order chi connectivity index (χ0) is 16.6. The Labute approximate surface area is 129 Å². The molecule has 0 bridgehead atoms. The fourth-order valence-corrected chi connectivity index (χ4v) is 1.32. The van der Waals surface area contributed by atoms with Crippen LogP contribution in [0.25, 0.3) is 0 Å². The number of hydrogen-bond acceptors (Lipinski definition) is 5. The smallest absolute Gasteiger partial charge is 0.414 e. The summed E-state index contributed by atoms with van der Waals surface area (Å²) in [5.74, 6) is -3.65. The Morgan fingerprint density at radius 1 is 1.00 bits per heavy atom. The minimum atomic E-state index is -1.82. The quantitative estimate of drug-likeness (QED) is 0.461. The Balaban J connectivity index is 0.000000626. The lowest BCUT2D eigenvalue weighted by atomic mass is 10.2. The molecule has 0 heterocycles. The van der Waals surface area contributed by atoms with Gasteiger partial charge in [0, 0.05) is 19.7 Å². The lowest BCUT2D eigenvalue weighted by Gasteiger charge is -2.06. The highest BCUT2D eigenvalue weighted by Gasteiger charge is 2.04. The van der Waals surface area contributed by atoms with Crippen molar-refractivity contribution in [2.45, 2.75) is 13.5 Å². The monoisotopic (exact) mass is 313 g/mol. The summed E-state index contributed by atoms with van der Waals surface area (Å²) in [4.78, 5) is 18.2. The van der Waals surface area contributed by atoms with Gasteiger partial charge in [-0.05, 0) is 12.5 Å². The van der Waals surface area contributed by atoms with Gasteiger partial charge in [0.05, 0.1) is 19.8 Å². The van der Waals surface area contributed by atoms with E-state index in [1.807, 2.05) is 25.1 Å². The Morgan fingerprint density at radius 2 is 1.55 bits per heavy atom. The van der Waals surface area contributed by atoms with Gasteiger partial charge in [-0.25, -0.2) is 9.59 Å². The summed E-state index contributed by atoms with van der Waals surface area (Å²) in [6, 6.07) is 10.2. The maximum Gasteiger partial charge on any atom is 0.414 e. The molecule has 0 saturated carbocycles. The van der Waals surface area contributed by atoms with Crippen molar-refractivity contribution in [3.05, 3.63) is 35.9 Å². The highest BCUT2D eigenvalue weighted by Crippen LogP contribution is 1.99. The van der Waals surface area contributed by atoms with E-state index in [1.165, 1.54) is 5.56 Å². The van der Waals surface area contributed by atoms with Crippen molar-refractivity contribution >= 4 is 11.9 Å². The van der Waals surface area contributed by atoms with E-state index in [1.54, 1.807) is 0 Å². The van der Waals surface area contributed by atoms with Crippen LogP contribution >= 0.6 is 0 Å². The zero-order valence-electron chi connectivity index (χ0n) is 12.7. The van der Waals surface area contributed by atoms with Crippen LogP contribution in [-0.4, -0.2) is 55.1 Å². The molecule has 1 rings (SSSR count). The number of ether oxygens (including phenoxy) is 2. The molecule has 0 aliphatic heterocycles. The second-order valence-electron chi connectivity index (χ2n) is 4.10. The van der Waals surface area contributed by atoms with E-state index in [9.17, 15) is 0 Å². The number of hydrogen-bond donors (Lipinski definition) is 3. The first kappa shape index (κ1) is 20.0. The van der Waals surface area contributed by atoms with Gasteiger partial charge in [-0.3, -0.25) is 0 Å². The predicted octanol–water partition coefficient (Wildman–Crippen LogP) is 0.985. The van der Waals surface area contributed by atoms with Crippen molar-refractivity contribution in [2.24, 2.45) is 0 Å². The van der Waals surface area contributed by atoms with E-state index in [2.05, 4.69) is 17.4 Å². The first-order valence-corrected chi connectivity index (χ1v) is 6.94. The molecule has 7 heteroatoms. The number of carboxylic acid groups (broad SMARTS) is 2. The van der Waals surface area contributed by atoms with Gasteiger partial charge >= 0.3 is 11.9 Å². The molecule has 0 fully saturated rings. The summed E-state index contributed by atoms with van der Waals surface area (Å²) < 4.78 is 10.7. The van der Waals surface area contributed by atoms with Gasteiger partial charge < -0.3 is 25.0 Å². The molecule has 22 heavy (non-hydrogen) atoms. The molecule has 0 spiro atoms. The van der Waals surface area contributed by atoms with Crippen LogP contribution in [0.4, 0.5) is 0 Å². The van der Waals surface area contributed by atoms with Gasteiger partial charge in [0.25, 0.3) is 0 Å². The van der Waals surface area contributed by atoms with Crippen molar-refractivity contribution < 1.29 is 29.3 Å². The molecular formula is C15H23NO6. The summed E-state index contributed by atoms with van der Waals surface area (Å²) in [7, 11) is 0. The molecule has 1 aromatic carbocycles. The lowest BCUT2D eigenvalue weighted by molar-refractivity contribution is -0.159. The molecule has 0 aromatic heterocycles. The Bertz CT molecular complexity index is 398. The molecule has 0 atom stereocenters. The standard InChI is InChI=1S/C13H21NO2.C2H2O4/c1-2-15-10-8-14-9-11-16-12-13-6-4-3-5-7-13;3-1(4)2(5)6/h3-7,14H,2,8-12H2,1H3;(H,3,4)(H,5,6). The fraction of sp³-hybridized carbons (Fsp3) is 0.467. The third-order valence-electron chi connectivity index (χ3n) is 2.34. The Kier molecular flexibility index (Phi) is 12.8. The molecule has 3 N–H and O–H groups in total. The summed E-state index contributed by atoms with van der Waals surface area (Å²) in [5.41, 5.74) is 1.22. The van der Waals surface area contributed by atoms with Gasteiger partial charge in [0.15, 0.2) is 0 Å². The maximum absolute atomic E-state index is 9.10. The van der Waals surface area contributed by atoms with Crippen molar-refractivity contribution in [3.8, 4) is 0 Å². The van der Waals surface area contributed by atoms with E-state index in [4.69, 9.17) is 29.3 Å². The van der Waals surface area contributed by atoms with E-state index in [0.29, 0.717) is 6.61 Å². The number of carboxylic acids is 2. The van der Waals surface area contributed by atoms with E-state index in [0.717, 1.165) is 32.9 Å². The normalized spacial score (nSPS) is 9.68. The maximum atomic E-state index is 9.10. The van der Waals surface area contributed by atoms with Crippen LogP contribution in [-0.2, 0) is 25.7 Å². The summed E-state index contributed by atoms with van der Waals surface area (Å²) in [6.07, 6.45) is 0. The van der Waals surface area contributed by atoms with Crippen molar-refractivity contribution in [3.63, 3.8) is 0 Å². The van der Waals surface area contributed by atoms with Crippen LogP contribution in [0.5, 0.6) is 0 Å². The summed E-state index contributed by atoms with van der Waals surface area (Å²) >= 11 is 0. The molecule has 7 nitrogen and oxygen atoms in total. The van der Waals surface area contributed by atoms with Gasteiger partial charge in [0.2, 0.25) is 0 Å². The van der Waals surface area contributed by atoms with Crippen LogP contribution in [0.1, 0.15) is 12.5 Å². The number of nitrogens with one attached hydrogen (secondary N) is 1. The van der Waals surface area contributed by atoms with Crippen molar-refractivity contribution in [2.75, 3.05) is 32.9 Å². The molecule has 0 saturated heterocycles. The van der Waals surface area contributed by atoms with E-state index >= 15 is 0 Å². The first-order chi connectivity index (χ1) is 10.6. The average molecular weight is 313 g/mol. The SMILES string of the molecule is CCOCCNCCOCc1ccccc1.O=C(O)C(=O)O. The predicted molar refractivity (Wildman–Crippen MR) is 80.7 cm³/mol. The largest absolute Gasteiger partial charge is 0.473 e. The number of rotatable bonds is 9. The van der Waals surface area contributed by atoms with Gasteiger partial charge in [0.1, 0.15) is 0 Å². The third kappa shape index (κ3) is 13.0. The molecule has 1 aromatic rings. The van der Waals surface area contributed by atoms with Crippen molar-refractivity contribution in [1.82, 2.24) is 5.32 Å². The molecule has 0 aliphatic rings. The minimum Gasteiger partial charge on any atom is -0.473 e.